The minimum Gasteiger partial charge on any atom is -0.340 e. The molecule has 0 bridgehead atoms. The average Bonchev–Trinajstić information content (AvgIpc) is 2.50. The first-order chi connectivity index (χ1) is 9.62. The third kappa shape index (κ3) is 2.36. The lowest BCUT2D eigenvalue weighted by atomic mass is 9.94. The van der Waals surface area contributed by atoms with Crippen molar-refractivity contribution in [2.45, 2.75) is 18.2 Å². The topological polar surface area (TPSA) is 44.5 Å². The monoisotopic (exact) mass is 269 g/mol. The van der Waals surface area contributed by atoms with Gasteiger partial charge < -0.3 is 15.2 Å². The van der Waals surface area contributed by atoms with Gasteiger partial charge in [-0.1, -0.05) is 60.7 Å². The summed E-state index contributed by atoms with van der Waals surface area (Å²) in [7, 11) is 0. The highest BCUT2D eigenvalue weighted by atomic mass is 16.7. The molecule has 0 aliphatic carbocycles. The van der Waals surface area contributed by atoms with Gasteiger partial charge in [-0.2, -0.15) is 0 Å². The van der Waals surface area contributed by atoms with Gasteiger partial charge in [-0.3, -0.25) is 0 Å². The highest BCUT2D eigenvalue weighted by Crippen LogP contribution is 2.38. The van der Waals surface area contributed by atoms with Crippen LogP contribution in [0.5, 0.6) is 0 Å². The summed E-state index contributed by atoms with van der Waals surface area (Å²) in [5.41, 5.74) is 7.63. The quantitative estimate of drug-likeness (QED) is 0.911. The smallest absolute Gasteiger partial charge is 0.222 e. The van der Waals surface area contributed by atoms with E-state index >= 15 is 0 Å². The summed E-state index contributed by atoms with van der Waals surface area (Å²) in [5, 5.41) is 0. The van der Waals surface area contributed by atoms with Crippen LogP contribution >= 0.6 is 0 Å². The summed E-state index contributed by atoms with van der Waals surface area (Å²) in [4.78, 5) is 0. The van der Waals surface area contributed by atoms with E-state index in [0.29, 0.717) is 13.2 Å². The van der Waals surface area contributed by atoms with Crippen LogP contribution in [-0.4, -0.2) is 18.8 Å². The Morgan fingerprint density at radius 1 is 0.800 bits per heavy atom. The van der Waals surface area contributed by atoms with Crippen molar-refractivity contribution < 1.29 is 9.47 Å². The van der Waals surface area contributed by atoms with Crippen molar-refractivity contribution in [1.82, 2.24) is 0 Å². The SMILES string of the molecule is CC1(N)COC(c2ccccc2)(c2ccccc2)OC1. The van der Waals surface area contributed by atoms with Gasteiger partial charge in [0.2, 0.25) is 5.79 Å². The largest absolute Gasteiger partial charge is 0.340 e. The van der Waals surface area contributed by atoms with Crippen LogP contribution in [0.1, 0.15) is 18.1 Å². The molecule has 2 aromatic rings. The zero-order chi connectivity index (χ0) is 14.1. The summed E-state index contributed by atoms with van der Waals surface area (Å²) < 4.78 is 12.2. The summed E-state index contributed by atoms with van der Waals surface area (Å²) in [5.74, 6) is -0.860. The number of hydrogen-bond acceptors (Lipinski definition) is 3. The van der Waals surface area contributed by atoms with Crippen LogP contribution in [0.4, 0.5) is 0 Å². The Balaban J connectivity index is 2.06. The van der Waals surface area contributed by atoms with Crippen molar-refractivity contribution in [3.05, 3.63) is 71.8 Å². The van der Waals surface area contributed by atoms with E-state index in [1.165, 1.54) is 0 Å². The zero-order valence-corrected chi connectivity index (χ0v) is 11.6. The molecular weight excluding hydrogens is 250 g/mol. The molecule has 20 heavy (non-hydrogen) atoms. The van der Waals surface area contributed by atoms with Crippen LogP contribution in [0.15, 0.2) is 60.7 Å². The van der Waals surface area contributed by atoms with Crippen LogP contribution in [0.3, 0.4) is 0 Å². The highest BCUT2D eigenvalue weighted by Gasteiger charge is 2.43. The molecule has 3 heteroatoms. The predicted octanol–water partition coefficient (Wildman–Crippen LogP) is 2.65. The number of ether oxygens (including phenoxy) is 2. The molecule has 1 heterocycles. The van der Waals surface area contributed by atoms with E-state index in [1.54, 1.807) is 0 Å². The molecule has 1 aliphatic heterocycles. The first-order valence-corrected chi connectivity index (χ1v) is 6.80. The Morgan fingerprint density at radius 2 is 1.20 bits per heavy atom. The maximum atomic E-state index is 6.11. The number of benzene rings is 2. The molecular formula is C17H19NO2. The van der Waals surface area contributed by atoms with Crippen LogP contribution < -0.4 is 5.73 Å². The molecule has 1 fully saturated rings. The zero-order valence-electron chi connectivity index (χ0n) is 11.6. The molecule has 0 saturated carbocycles. The van der Waals surface area contributed by atoms with Gasteiger partial charge in [-0.15, -0.1) is 0 Å². The van der Waals surface area contributed by atoms with Crippen LogP contribution in [-0.2, 0) is 15.3 Å². The minimum absolute atomic E-state index is 0.451. The lowest BCUT2D eigenvalue weighted by Gasteiger charge is -2.43. The standard InChI is InChI=1S/C17H19NO2/c1-16(18)12-19-17(20-13-16,14-8-4-2-5-9-14)15-10-6-3-7-11-15/h2-11H,12-13,18H2,1H3. The van der Waals surface area contributed by atoms with Crippen molar-refractivity contribution in [3.63, 3.8) is 0 Å². The van der Waals surface area contributed by atoms with E-state index in [0.717, 1.165) is 11.1 Å². The lowest BCUT2D eigenvalue weighted by Crippen LogP contribution is -2.55. The van der Waals surface area contributed by atoms with E-state index in [9.17, 15) is 0 Å². The second kappa shape index (κ2) is 5.02. The second-order valence-electron chi connectivity index (χ2n) is 5.58. The summed E-state index contributed by atoms with van der Waals surface area (Å²) >= 11 is 0. The van der Waals surface area contributed by atoms with E-state index in [-0.39, 0.29) is 0 Å². The fourth-order valence-electron chi connectivity index (χ4n) is 2.43. The first kappa shape index (κ1) is 13.3. The Kier molecular flexibility index (Phi) is 3.34. The van der Waals surface area contributed by atoms with Crippen molar-refractivity contribution in [2.75, 3.05) is 13.2 Å². The van der Waals surface area contributed by atoms with E-state index in [4.69, 9.17) is 15.2 Å². The molecule has 1 aliphatic rings. The van der Waals surface area contributed by atoms with Crippen LogP contribution in [0, 0.1) is 0 Å². The molecule has 2 N–H and O–H groups in total. The predicted molar refractivity (Wildman–Crippen MR) is 78.2 cm³/mol. The maximum Gasteiger partial charge on any atom is 0.222 e. The third-order valence-electron chi connectivity index (χ3n) is 3.52. The summed E-state index contributed by atoms with van der Waals surface area (Å²) in [6.07, 6.45) is 0. The van der Waals surface area contributed by atoms with Crippen molar-refractivity contribution in [1.29, 1.82) is 0 Å². The van der Waals surface area contributed by atoms with Gasteiger partial charge in [-0.05, 0) is 6.92 Å². The second-order valence-corrected chi connectivity index (χ2v) is 5.58. The Labute approximate surface area is 119 Å². The molecule has 2 aromatic carbocycles. The van der Waals surface area contributed by atoms with Gasteiger partial charge in [0.1, 0.15) is 0 Å². The average molecular weight is 269 g/mol. The minimum atomic E-state index is -0.860. The molecule has 0 unspecified atom stereocenters. The molecule has 104 valence electrons. The van der Waals surface area contributed by atoms with Crippen molar-refractivity contribution in [2.24, 2.45) is 5.73 Å². The van der Waals surface area contributed by atoms with Gasteiger partial charge >= 0.3 is 0 Å². The fourth-order valence-corrected chi connectivity index (χ4v) is 2.43. The van der Waals surface area contributed by atoms with Crippen LogP contribution in [0.2, 0.25) is 0 Å². The van der Waals surface area contributed by atoms with Gasteiger partial charge in [-0.25, -0.2) is 0 Å². The Bertz CT molecular complexity index is 515. The first-order valence-electron chi connectivity index (χ1n) is 6.80. The number of nitrogens with two attached hydrogens (primary N) is 1. The van der Waals surface area contributed by atoms with Crippen LogP contribution in [0.25, 0.3) is 0 Å². The van der Waals surface area contributed by atoms with E-state index in [1.807, 2.05) is 67.6 Å². The summed E-state index contributed by atoms with van der Waals surface area (Å²) in [6, 6.07) is 20.0. The van der Waals surface area contributed by atoms with Gasteiger partial charge in [0.25, 0.3) is 0 Å². The molecule has 1 saturated heterocycles. The number of rotatable bonds is 2. The molecule has 0 amide bonds. The molecule has 0 radical (unpaired) electrons. The van der Waals surface area contributed by atoms with E-state index < -0.39 is 11.3 Å². The highest BCUT2D eigenvalue weighted by molar-refractivity contribution is 5.34. The molecule has 0 atom stereocenters. The summed E-state index contributed by atoms with van der Waals surface area (Å²) in [6.45, 7) is 2.85. The maximum absolute atomic E-state index is 6.11. The third-order valence-corrected chi connectivity index (χ3v) is 3.52. The normalized spacial score (nSPS) is 20.5. The molecule has 0 spiro atoms. The fraction of sp³-hybridized carbons (Fsp3) is 0.294. The molecule has 0 aromatic heterocycles. The van der Waals surface area contributed by atoms with Crippen molar-refractivity contribution in [3.8, 4) is 0 Å². The molecule has 3 nitrogen and oxygen atoms in total. The number of hydrogen-bond donors (Lipinski definition) is 1. The lowest BCUT2D eigenvalue weighted by molar-refractivity contribution is -0.269. The van der Waals surface area contributed by atoms with Gasteiger partial charge in [0.15, 0.2) is 0 Å². The van der Waals surface area contributed by atoms with Crippen molar-refractivity contribution >= 4 is 0 Å². The van der Waals surface area contributed by atoms with E-state index in [2.05, 4.69) is 0 Å². The van der Waals surface area contributed by atoms with Gasteiger partial charge in [0, 0.05) is 11.1 Å². The Morgan fingerprint density at radius 3 is 1.60 bits per heavy atom. The molecule has 3 rings (SSSR count). The Hall–Kier alpha value is -1.68. The van der Waals surface area contributed by atoms with Gasteiger partial charge in [0.05, 0.1) is 18.8 Å².